The van der Waals surface area contributed by atoms with Crippen LogP contribution in [0.15, 0.2) is 6.07 Å². The molecule has 0 atom stereocenters. The van der Waals surface area contributed by atoms with Crippen LogP contribution in [0.2, 0.25) is 0 Å². The van der Waals surface area contributed by atoms with Gasteiger partial charge in [0.25, 0.3) is 0 Å². The lowest BCUT2D eigenvalue weighted by atomic mass is 9.84. The summed E-state index contributed by atoms with van der Waals surface area (Å²) in [6.07, 6.45) is 9.38. The molecule has 0 bridgehead atoms. The van der Waals surface area contributed by atoms with Crippen LogP contribution < -0.4 is 0 Å². The summed E-state index contributed by atoms with van der Waals surface area (Å²) in [6, 6.07) is 1.89. The first-order valence-corrected chi connectivity index (χ1v) is 10.2. The van der Waals surface area contributed by atoms with Crippen molar-refractivity contribution in [1.82, 2.24) is 0 Å². The molecule has 24 heavy (non-hydrogen) atoms. The van der Waals surface area contributed by atoms with Crippen LogP contribution in [0.5, 0.6) is 17.2 Å². The van der Waals surface area contributed by atoms with Crippen molar-refractivity contribution in [3.05, 3.63) is 17.2 Å². The summed E-state index contributed by atoms with van der Waals surface area (Å²) in [6.45, 7) is 6.70. The minimum atomic E-state index is -0.354. The van der Waals surface area contributed by atoms with Gasteiger partial charge in [-0.1, -0.05) is 49.8 Å². The minimum absolute atomic E-state index is 0.150. The highest BCUT2D eigenvalue weighted by molar-refractivity contribution is 14.1. The molecule has 1 aromatic carbocycles. The van der Waals surface area contributed by atoms with Crippen molar-refractivity contribution >= 4 is 22.6 Å². The van der Waals surface area contributed by atoms with Crippen molar-refractivity contribution in [2.75, 3.05) is 0 Å². The molecule has 1 aromatic rings. The molecule has 1 aliphatic carbocycles. The van der Waals surface area contributed by atoms with E-state index in [1.165, 1.54) is 12.8 Å². The van der Waals surface area contributed by atoms with Gasteiger partial charge in [0.15, 0.2) is 11.5 Å². The van der Waals surface area contributed by atoms with E-state index < -0.39 is 0 Å². The Labute approximate surface area is 159 Å². The van der Waals surface area contributed by atoms with Crippen LogP contribution in [0.3, 0.4) is 0 Å². The van der Waals surface area contributed by atoms with Crippen molar-refractivity contribution in [3.63, 3.8) is 0 Å². The zero-order valence-corrected chi connectivity index (χ0v) is 17.3. The van der Waals surface area contributed by atoms with Gasteiger partial charge in [-0.2, -0.15) is 0 Å². The zero-order chi connectivity index (χ0) is 18.0. The lowest BCUT2D eigenvalue weighted by Crippen LogP contribution is -2.09. The summed E-state index contributed by atoms with van der Waals surface area (Å²) < 4.78 is 0.473. The standard InChI is InChI=1S/C20H31IO3/c1-4-19(2,3)9-5-7-14-13-15(17(23)18(24)16(14)22)8-6-10-20(21)11-12-20/h13,22-24H,4-12H2,1-3H3. The number of phenolic OH excluding ortho intramolecular Hbond substituents is 3. The number of aryl methyl sites for hydroxylation is 2. The molecule has 3 N–H and O–H groups in total. The van der Waals surface area contributed by atoms with E-state index in [0.717, 1.165) is 56.1 Å². The monoisotopic (exact) mass is 446 g/mol. The molecule has 1 aliphatic rings. The first-order chi connectivity index (χ1) is 11.2. The molecule has 0 radical (unpaired) electrons. The number of halogens is 1. The molecule has 0 spiro atoms. The smallest absolute Gasteiger partial charge is 0.200 e. The van der Waals surface area contributed by atoms with Crippen LogP contribution in [-0.2, 0) is 12.8 Å². The third-order valence-electron chi connectivity index (χ3n) is 5.53. The average molecular weight is 446 g/mol. The molecular formula is C20H31IO3. The van der Waals surface area contributed by atoms with Gasteiger partial charge in [-0.05, 0) is 74.0 Å². The first-order valence-electron chi connectivity index (χ1n) is 9.12. The average Bonchev–Trinajstić information content (AvgIpc) is 3.26. The Balaban J connectivity index is 2.01. The van der Waals surface area contributed by atoms with Crippen LogP contribution in [-0.4, -0.2) is 18.7 Å². The van der Waals surface area contributed by atoms with E-state index in [1.54, 1.807) is 0 Å². The Morgan fingerprint density at radius 1 is 1.00 bits per heavy atom. The van der Waals surface area contributed by atoms with Crippen LogP contribution in [0.4, 0.5) is 0 Å². The molecule has 1 saturated carbocycles. The van der Waals surface area contributed by atoms with Crippen molar-refractivity contribution in [2.24, 2.45) is 5.41 Å². The molecule has 2 rings (SSSR count). The molecule has 0 heterocycles. The lowest BCUT2D eigenvalue weighted by molar-refractivity contribution is 0.311. The Hall–Kier alpha value is -0.650. The summed E-state index contributed by atoms with van der Waals surface area (Å²) in [7, 11) is 0. The molecule has 0 saturated heterocycles. The van der Waals surface area contributed by atoms with Crippen LogP contribution in [0.1, 0.15) is 76.8 Å². The predicted molar refractivity (Wildman–Crippen MR) is 107 cm³/mol. The van der Waals surface area contributed by atoms with E-state index in [9.17, 15) is 15.3 Å². The largest absolute Gasteiger partial charge is 0.504 e. The highest BCUT2D eigenvalue weighted by atomic mass is 127. The number of aromatic hydroxyl groups is 3. The van der Waals surface area contributed by atoms with Crippen LogP contribution in [0, 0.1) is 5.41 Å². The minimum Gasteiger partial charge on any atom is -0.504 e. The zero-order valence-electron chi connectivity index (χ0n) is 15.2. The van der Waals surface area contributed by atoms with Gasteiger partial charge in [0.05, 0.1) is 0 Å². The maximum absolute atomic E-state index is 10.1. The Bertz CT molecular complexity index is 577. The fourth-order valence-electron chi connectivity index (χ4n) is 3.06. The Kier molecular flexibility index (Phi) is 6.32. The maximum Gasteiger partial charge on any atom is 0.200 e. The van der Waals surface area contributed by atoms with E-state index in [4.69, 9.17) is 0 Å². The fourth-order valence-corrected chi connectivity index (χ4v) is 3.71. The Morgan fingerprint density at radius 2 is 1.54 bits per heavy atom. The number of hydrogen-bond donors (Lipinski definition) is 3. The third-order valence-corrected chi connectivity index (χ3v) is 7.14. The number of alkyl halides is 1. The lowest BCUT2D eigenvalue weighted by Gasteiger charge is -2.22. The topological polar surface area (TPSA) is 60.7 Å². The molecule has 3 nitrogen and oxygen atoms in total. The van der Waals surface area contributed by atoms with Gasteiger partial charge in [0.2, 0.25) is 5.75 Å². The van der Waals surface area contributed by atoms with Crippen molar-refractivity contribution in [1.29, 1.82) is 0 Å². The number of rotatable bonds is 9. The van der Waals surface area contributed by atoms with Gasteiger partial charge >= 0.3 is 0 Å². The second kappa shape index (κ2) is 7.71. The third kappa shape index (κ3) is 5.17. The summed E-state index contributed by atoms with van der Waals surface area (Å²) in [5.41, 5.74) is 1.81. The Morgan fingerprint density at radius 3 is 2.04 bits per heavy atom. The first kappa shape index (κ1) is 19.7. The highest BCUT2D eigenvalue weighted by Crippen LogP contribution is 2.49. The molecule has 136 valence electrons. The van der Waals surface area contributed by atoms with Crippen molar-refractivity contribution < 1.29 is 15.3 Å². The molecule has 0 aromatic heterocycles. The van der Waals surface area contributed by atoms with Crippen molar-refractivity contribution in [2.45, 2.75) is 82.0 Å². The summed E-state index contributed by atoms with van der Waals surface area (Å²) in [5.74, 6) is -0.658. The van der Waals surface area contributed by atoms with Crippen molar-refractivity contribution in [3.8, 4) is 17.2 Å². The van der Waals surface area contributed by atoms with E-state index in [2.05, 4.69) is 43.4 Å². The second-order valence-corrected chi connectivity index (χ2v) is 10.4. The summed E-state index contributed by atoms with van der Waals surface area (Å²) in [4.78, 5) is 0. The van der Waals surface area contributed by atoms with E-state index in [1.807, 2.05) is 6.07 Å². The van der Waals surface area contributed by atoms with E-state index in [0.29, 0.717) is 8.84 Å². The van der Waals surface area contributed by atoms with Gasteiger partial charge in [-0.3, -0.25) is 0 Å². The number of phenols is 3. The molecule has 0 aliphatic heterocycles. The van der Waals surface area contributed by atoms with Gasteiger partial charge in [0.1, 0.15) is 0 Å². The maximum atomic E-state index is 10.1. The second-order valence-electron chi connectivity index (χ2n) is 8.12. The van der Waals surface area contributed by atoms with Crippen LogP contribution >= 0.6 is 22.6 Å². The normalized spacial score (nSPS) is 16.3. The molecular weight excluding hydrogens is 415 g/mol. The van der Waals surface area contributed by atoms with E-state index in [-0.39, 0.29) is 17.2 Å². The highest BCUT2D eigenvalue weighted by Gasteiger charge is 2.38. The quantitative estimate of drug-likeness (QED) is 0.253. The molecule has 0 unspecified atom stereocenters. The number of hydrogen-bond acceptors (Lipinski definition) is 3. The SMILES string of the molecule is CCC(C)(C)CCCc1cc(CCCC2(I)CC2)c(O)c(O)c1O. The van der Waals surface area contributed by atoms with Gasteiger partial charge < -0.3 is 15.3 Å². The van der Waals surface area contributed by atoms with E-state index >= 15 is 0 Å². The summed E-state index contributed by atoms with van der Waals surface area (Å²) in [5, 5.41) is 30.3. The molecule has 0 amide bonds. The summed E-state index contributed by atoms with van der Waals surface area (Å²) >= 11 is 2.54. The molecule has 4 heteroatoms. The van der Waals surface area contributed by atoms with Crippen LogP contribution in [0.25, 0.3) is 0 Å². The number of benzene rings is 1. The van der Waals surface area contributed by atoms with Gasteiger partial charge in [-0.25, -0.2) is 0 Å². The molecule has 1 fully saturated rings. The van der Waals surface area contributed by atoms with Gasteiger partial charge in [-0.15, -0.1) is 0 Å². The predicted octanol–water partition coefficient (Wildman–Crippen LogP) is 5.85. The fraction of sp³-hybridized carbons (Fsp3) is 0.700. The van der Waals surface area contributed by atoms with Gasteiger partial charge in [0, 0.05) is 3.42 Å².